The van der Waals surface area contributed by atoms with Crippen molar-refractivity contribution in [3.63, 3.8) is 0 Å². The summed E-state index contributed by atoms with van der Waals surface area (Å²) in [4.78, 5) is 120. The number of thiazole rings is 1. The van der Waals surface area contributed by atoms with Gasteiger partial charge in [0.25, 0.3) is 23.6 Å². The Labute approximate surface area is 456 Å². The summed E-state index contributed by atoms with van der Waals surface area (Å²) in [6.07, 6.45) is 7.60. The molecule has 0 bridgehead atoms. The average Bonchev–Trinajstić information content (AvgIpc) is 4.07. The average molecular weight is 1100 g/mol. The van der Waals surface area contributed by atoms with E-state index in [1.807, 2.05) is 72.5 Å². The van der Waals surface area contributed by atoms with E-state index in [0.29, 0.717) is 60.2 Å². The number of ether oxygens (including phenoxy) is 1. The molecule has 410 valence electrons. The van der Waals surface area contributed by atoms with Crippen LogP contribution in [0.15, 0.2) is 100 Å². The lowest BCUT2D eigenvalue weighted by Crippen LogP contribution is -2.54. The number of nitrogens with one attached hydrogen (secondary N) is 3. The number of piperidine rings is 3. The molecule has 8 amide bonds. The highest BCUT2D eigenvalue weighted by Gasteiger charge is 2.46. The Bertz CT molecular complexity index is 3260. The molecule has 1 unspecified atom stereocenters. The zero-order valence-corrected chi connectivity index (χ0v) is 45.9. The van der Waals surface area contributed by atoms with Crippen molar-refractivity contribution in [1.29, 1.82) is 0 Å². The summed E-state index contributed by atoms with van der Waals surface area (Å²) >= 11 is 1.24. The van der Waals surface area contributed by atoms with Gasteiger partial charge in [-0.1, -0.05) is 42.5 Å². The normalized spacial score (nSPS) is 17.3. The summed E-state index contributed by atoms with van der Waals surface area (Å²) < 4.78 is 29.6. The number of carbonyl (C=O) groups excluding carboxylic acids is 8. The minimum Gasteiger partial charge on any atom is -0.483 e. The van der Waals surface area contributed by atoms with Crippen molar-refractivity contribution >= 4 is 79.4 Å². The van der Waals surface area contributed by atoms with Crippen molar-refractivity contribution in [2.75, 3.05) is 69.4 Å². The molecule has 4 aromatic rings. The van der Waals surface area contributed by atoms with Gasteiger partial charge in [0, 0.05) is 79.9 Å². The third kappa shape index (κ3) is 13.1. The van der Waals surface area contributed by atoms with Gasteiger partial charge < -0.3 is 30.1 Å². The molecule has 3 N–H and O–H groups in total. The molecule has 1 atom stereocenters. The number of aromatic nitrogens is 2. The van der Waals surface area contributed by atoms with Crippen LogP contribution in [0.25, 0.3) is 22.4 Å². The number of rotatable bonds is 18. The van der Waals surface area contributed by atoms with Gasteiger partial charge in [-0.15, -0.1) is 11.3 Å². The van der Waals surface area contributed by atoms with Crippen LogP contribution >= 0.6 is 11.3 Å². The SMILES string of the molecule is C=C(C/C=C(/C(=O)NCC(=O)Nc1nc(-c2cccc(-c3ccnc(N(C)CC(=O)N4CCC(C5CCN(C(=O)COc6cccc7c6C(=O)N(C6CCC(=O)NC6=O)C7=O)CC5)CC4)c3)c2)cs1)C(C)=C(C)C)S(C)(=O)=O. The number of nitrogens with zero attached hydrogens (tertiary/aromatic N) is 6. The van der Waals surface area contributed by atoms with Crippen LogP contribution < -0.4 is 25.6 Å². The Morgan fingerprint density at radius 1 is 0.872 bits per heavy atom. The van der Waals surface area contributed by atoms with E-state index in [4.69, 9.17) is 4.74 Å². The lowest BCUT2D eigenvalue weighted by molar-refractivity contribution is -0.136. The molecule has 8 rings (SSSR count). The largest absolute Gasteiger partial charge is 0.483 e. The first kappa shape index (κ1) is 56.4. The number of pyridine rings is 1. The fourth-order valence-corrected chi connectivity index (χ4v) is 11.2. The number of benzene rings is 2. The Morgan fingerprint density at radius 2 is 1.53 bits per heavy atom. The molecular formula is C56H63N9O11S2. The predicted molar refractivity (Wildman–Crippen MR) is 294 cm³/mol. The van der Waals surface area contributed by atoms with E-state index < -0.39 is 51.3 Å². The van der Waals surface area contributed by atoms with E-state index in [9.17, 15) is 46.8 Å². The Kier molecular flexibility index (Phi) is 17.5. The summed E-state index contributed by atoms with van der Waals surface area (Å²) in [7, 11) is -1.65. The summed E-state index contributed by atoms with van der Waals surface area (Å²) in [5.41, 5.74) is 5.07. The molecule has 78 heavy (non-hydrogen) atoms. The molecule has 0 spiro atoms. The number of amides is 8. The molecular weight excluding hydrogens is 1040 g/mol. The highest BCUT2D eigenvalue weighted by Crippen LogP contribution is 2.36. The van der Waals surface area contributed by atoms with Crippen LogP contribution in [0.5, 0.6) is 5.75 Å². The lowest BCUT2D eigenvalue weighted by atomic mass is 9.79. The van der Waals surface area contributed by atoms with Gasteiger partial charge in [0.2, 0.25) is 23.6 Å². The standard InChI is InChI=1S/C56H63N9O11S2/c1-33(2)35(4)41(14-13-34(3)78(6,74)75)52(70)58-29-48(67)61-56-59-43(32-77-56)40-10-7-9-38(27-40)39-17-22-57-46(28-39)62(5)30-49(68)63-23-18-36(19-24-63)37-20-25-64(26-21-37)50(69)31-76-45-12-8-11-42-51(45)55(73)65(54(42)72)44-15-16-47(66)60-53(44)71/h7-12,14,17,22,27-28,32,36-37,44H,3,13,15-16,18-21,23-26,29-31H2,1-2,4-6H3,(H,58,70)(H,59,61,67)(H,60,66,71)/b41-14+. The van der Waals surface area contributed by atoms with E-state index in [1.165, 1.54) is 29.5 Å². The molecule has 3 saturated heterocycles. The number of fused-ring (bicyclic) bond motifs is 1. The molecule has 6 heterocycles. The topological polar surface area (TPSA) is 255 Å². The minimum absolute atomic E-state index is 0.00347. The molecule has 4 aliphatic heterocycles. The van der Waals surface area contributed by atoms with Gasteiger partial charge >= 0.3 is 0 Å². The molecule has 0 saturated carbocycles. The summed E-state index contributed by atoms with van der Waals surface area (Å²) in [6.45, 7) is 10.9. The van der Waals surface area contributed by atoms with Gasteiger partial charge in [0.15, 0.2) is 21.6 Å². The number of allylic oxidation sites excluding steroid dienone is 3. The second-order valence-corrected chi connectivity index (χ2v) is 23.2. The van der Waals surface area contributed by atoms with Crippen LogP contribution in [0.3, 0.4) is 0 Å². The van der Waals surface area contributed by atoms with Crippen LogP contribution in [0.4, 0.5) is 10.9 Å². The number of sulfone groups is 1. The van der Waals surface area contributed by atoms with E-state index >= 15 is 0 Å². The van der Waals surface area contributed by atoms with E-state index in [1.54, 1.807) is 24.1 Å². The first-order valence-corrected chi connectivity index (χ1v) is 28.5. The molecule has 2 aromatic heterocycles. The highest BCUT2D eigenvalue weighted by atomic mass is 32.2. The number of hydrogen-bond acceptors (Lipinski definition) is 15. The summed E-state index contributed by atoms with van der Waals surface area (Å²) in [6, 6.07) is 15.0. The van der Waals surface area contributed by atoms with Crippen LogP contribution in [0, 0.1) is 11.8 Å². The number of likely N-dealkylation sites (tertiary alicyclic amines) is 2. The minimum atomic E-state index is -3.49. The van der Waals surface area contributed by atoms with Crippen LogP contribution in [0.1, 0.15) is 86.4 Å². The predicted octanol–water partition coefficient (Wildman–Crippen LogP) is 5.55. The molecule has 2 aromatic carbocycles. The zero-order chi connectivity index (χ0) is 56.0. The van der Waals surface area contributed by atoms with Gasteiger partial charge in [-0.05, 0) is 112 Å². The van der Waals surface area contributed by atoms with Crippen LogP contribution in [0.2, 0.25) is 0 Å². The Balaban J connectivity index is 0.775. The van der Waals surface area contributed by atoms with E-state index in [0.717, 1.165) is 59.1 Å². The van der Waals surface area contributed by atoms with Crippen LogP contribution in [-0.2, 0) is 38.6 Å². The fraction of sp³-hybridized carbons (Fsp3) is 0.393. The lowest BCUT2D eigenvalue weighted by Gasteiger charge is -2.40. The smallest absolute Gasteiger partial charge is 0.266 e. The number of carbonyl (C=O) groups is 8. The molecule has 20 nitrogen and oxygen atoms in total. The Morgan fingerprint density at radius 3 is 2.19 bits per heavy atom. The van der Waals surface area contributed by atoms with Crippen molar-refractivity contribution in [2.24, 2.45) is 11.8 Å². The Hall–Kier alpha value is -7.85. The molecule has 4 aliphatic rings. The molecule has 0 radical (unpaired) electrons. The third-order valence-electron chi connectivity index (χ3n) is 14.8. The number of anilines is 2. The molecule has 0 aliphatic carbocycles. The quantitative estimate of drug-likeness (QED) is 0.0628. The maximum Gasteiger partial charge on any atom is 0.266 e. The summed E-state index contributed by atoms with van der Waals surface area (Å²) in [5, 5.41) is 9.71. The fourth-order valence-electron chi connectivity index (χ4n) is 10.1. The van der Waals surface area contributed by atoms with Gasteiger partial charge in [-0.25, -0.2) is 18.4 Å². The highest BCUT2D eigenvalue weighted by molar-refractivity contribution is 7.94. The maximum atomic E-state index is 13.7. The van der Waals surface area contributed by atoms with Crippen molar-refractivity contribution < 1.29 is 51.5 Å². The second-order valence-electron chi connectivity index (χ2n) is 20.2. The van der Waals surface area contributed by atoms with Crippen molar-refractivity contribution in [3.05, 3.63) is 112 Å². The van der Waals surface area contributed by atoms with Gasteiger partial charge in [0.05, 0.1) is 29.9 Å². The van der Waals surface area contributed by atoms with E-state index in [2.05, 4.69) is 32.5 Å². The maximum absolute atomic E-state index is 13.7. The van der Waals surface area contributed by atoms with Gasteiger partial charge in [-0.3, -0.25) is 48.6 Å². The van der Waals surface area contributed by atoms with E-state index in [-0.39, 0.29) is 78.1 Å². The van der Waals surface area contributed by atoms with Crippen LogP contribution in [-0.4, -0.2) is 146 Å². The monoisotopic (exact) mass is 1100 g/mol. The zero-order valence-electron chi connectivity index (χ0n) is 44.3. The second kappa shape index (κ2) is 24.2. The third-order valence-corrected chi connectivity index (χ3v) is 16.8. The number of imide groups is 2. The van der Waals surface area contributed by atoms with Crippen molar-refractivity contribution in [1.82, 2.24) is 35.3 Å². The van der Waals surface area contributed by atoms with Crippen molar-refractivity contribution in [3.8, 4) is 28.1 Å². The van der Waals surface area contributed by atoms with Gasteiger partial charge in [-0.2, -0.15) is 0 Å². The number of hydrogen-bond donors (Lipinski definition) is 3. The molecule has 22 heteroatoms. The number of likely N-dealkylation sites (N-methyl/N-ethyl adjacent to an activating group) is 1. The van der Waals surface area contributed by atoms with Gasteiger partial charge in [0.1, 0.15) is 17.6 Å². The first-order chi connectivity index (χ1) is 37.2. The summed E-state index contributed by atoms with van der Waals surface area (Å²) in [5.74, 6) is -2.25. The first-order valence-electron chi connectivity index (χ1n) is 25.7. The molecule has 3 fully saturated rings. The van der Waals surface area contributed by atoms with Crippen molar-refractivity contribution in [2.45, 2.75) is 71.8 Å².